The number of sulfonamides is 1. The Morgan fingerprint density at radius 3 is 2.70 bits per heavy atom. The third-order valence-corrected chi connectivity index (χ3v) is 5.60. The van der Waals surface area contributed by atoms with Gasteiger partial charge in [0.05, 0.1) is 19.9 Å². The molecule has 122 valence electrons. The van der Waals surface area contributed by atoms with Crippen LogP contribution in [0, 0.1) is 0 Å². The number of rotatable bonds is 5. The number of ether oxygens (including phenoxy) is 2. The molecular weight excluding hydrogens is 362 g/mol. The Labute approximate surface area is 141 Å². The van der Waals surface area contributed by atoms with Crippen LogP contribution in [0.5, 0.6) is 11.5 Å². The van der Waals surface area contributed by atoms with Crippen molar-refractivity contribution in [3.05, 3.63) is 34.9 Å². The molecule has 10 heteroatoms. The lowest BCUT2D eigenvalue weighted by Gasteiger charge is -2.11. The van der Waals surface area contributed by atoms with E-state index in [0.717, 1.165) is 0 Å². The molecule has 0 saturated heterocycles. The summed E-state index contributed by atoms with van der Waals surface area (Å²) in [6.45, 7) is 0. The van der Waals surface area contributed by atoms with Gasteiger partial charge in [0.15, 0.2) is 26.6 Å². The molecule has 2 aromatic heterocycles. The van der Waals surface area contributed by atoms with Crippen LogP contribution in [0.3, 0.4) is 0 Å². The Bertz CT molecular complexity index is 965. The van der Waals surface area contributed by atoms with Gasteiger partial charge in [0.25, 0.3) is 10.0 Å². The molecule has 0 atom stereocenters. The Morgan fingerprint density at radius 1 is 1.26 bits per heavy atom. The fourth-order valence-electron chi connectivity index (χ4n) is 2.08. The van der Waals surface area contributed by atoms with E-state index in [2.05, 4.69) is 9.71 Å². The third-order valence-electron chi connectivity index (χ3n) is 3.07. The monoisotopic (exact) mass is 373 g/mol. The maximum atomic E-state index is 12.6. The van der Waals surface area contributed by atoms with Gasteiger partial charge >= 0.3 is 0 Å². The lowest BCUT2D eigenvalue weighted by molar-refractivity contribution is 0.355. The van der Waals surface area contributed by atoms with Gasteiger partial charge in [-0.1, -0.05) is 11.6 Å². The summed E-state index contributed by atoms with van der Waals surface area (Å²) < 4.78 is 39.4. The average Bonchev–Trinajstić information content (AvgIpc) is 3.06. The van der Waals surface area contributed by atoms with Crippen molar-refractivity contribution in [3.63, 3.8) is 0 Å². The maximum absolute atomic E-state index is 12.6. The standard InChI is InChI=1S/C13H12ClN3O4S2/c1-20-9-4-3-8(7-10(9)21-2)16-23(18,19)12-11(14)15-13-17(12)5-6-22-13/h3-7,16H,1-2H3. The van der Waals surface area contributed by atoms with Gasteiger partial charge in [-0.25, -0.2) is 4.98 Å². The zero-order valence-electron chi connectivity index (χ0n) is 12.1. The number of methoxy groups -OCH3 is 2. The van der Waals surface area contributed by atoms with Gasteiger partial charge in [0, 0.05) is 17.6 Å². The van der Waals surface area contributed by atoms with Crippen LogP contribution < -0.4 is 14.2 Å². The van der Waals surface area contributed by atoms with E-state index in [1.54, 1.807) is 23.7 Å². The predicted octanol–water partition coefficient (Wildman–Crippen LogP) is 2.87. The summed E-state index contributed by atoms with van der Waals surface area (Å²) in [5, 5.41) is 1.55. The number of anilines is 1. The van der Waals surface area contributed by atoms with E-state index in [1.807, 2.05) is 0 Å². The Hall–Kier alpha value is -1.97. The molecule has 0 saturated carbocycles. The van der Waals surface area contributed by atoms with Crippen LogP contribution in [0.1, 0.15) is 0 Å². The first-order valence-corrected chi connectivity index (χ1v) is 9.06. The van der Waals surface area contributed by atoms with E-state index in [9.17, 15) is 8.42 Å². The molecule has 3 aromatic rings. The van der Waals surface area contributed by atoms with Crippen LogP contribution in [-0.2, 0) is 10.0 Å². The quantitative estimate of drug-likeness (QED) is 0.743. The van der Waals surface area contributed by atoms with Crippen molar-refractivity contribution in [3.8, 4) is 11.5 Å². The highest BCUT2D eigenvalue weighted by Gasteiger charge is 2.25. The summed E-state index contributed by atoms with van der Waals surface area (Å²) in [6, 6.07) is 4.70. The average molecular weight is 374 g/mol. The Balaban J connectivity index is 2.01. The molecule has 0 unspecified atom stereocenters. The Kier molecular flexibility index (Phi) is 4.09. The second kappa shape index (κ2) is 5.91. The fraction of sp³-hybridized carbons (Fsp3) is 0.154. The largest absolute Gasteiger partial charge is 0.493 e. The van der Waals surface area contributed by atoms with E-state index in [0.29, 0.717) is 22.1 Å². The number of nitrogens with zero attached hydrogens (tertiary/aromatic N) is 2. The van der Waals surface area contributed by atoms with Crippen molar-refractivity contribution >= 4 is 43.6 Å². The van der Waals surface area contributed by atoms with Gasteiger partial charge in [-0.15, -0.1) is 11.3 Å². The molecule has 1 N–H and O–H groups in total. The molecule has 0 bridgehead atoms. The summed E-state index contributed by atoms with van der Waals surface area (Å²) in [5.74, 6) is 0.908. The number of hydrogen-bond acceptors (Lipinski definition) is 6. The van der Waals surface area contributed by atoms with Gasteiger partial charge < -0.3 is 9.47 Å². The number of imidazole rings is 1. The fourth-order valence-corrected chi connectivity index (χ4v) is 4.59. The Morgan fingerprint density at radius 2 is 2.00 bits per heavy atom. The number of aromatic nitrogens is 2. The van der Waals surface area contributed by atoms with Crippen molar-refractivity contribution in [2.45, 2.75) is 5.03 Å². The molecule has 0 aliphatic heterocycles. The molecule has 0 aliphatic carbocycles. The highest BCUT2D eigenvalue weighted by atomic mass is 35.5. The second-order valence-electron chi connectivity index (χ2n) is 4.44. The van der Waals surface area contributed by atoms with E-state index >= 15 is 0 Å². The van der Waals surface area contributed by atoms with Crippen molar-refractivity contribution in [2.24, 2.45) is 0 Å². The van der Waals surface area contributed by atoms with E-state index in [-0.39, 0.29) is 10.2 Å². The topological polar surface area (TPSA) is 81.9 Å². The molecule has 0 radical (unpaired) electrons. The molecule has 0 amide bonds. The highest BCUT2D eigenvalue weighted by molar-refractivity contribution is 7.92. The zero-order valence-corrected chi connectivity index (χ0v) is 14.5. The lowest BCUT2D eigenvalue weighted by atomic mass is 10.3. The molecule has 3 rings (SSSR count). The van der Waals surface area contributed by atoms with E-state index < -0.39 is 10.0 Å². The number of benzene rings is 1. The molecule has 0 spiro atoms. The predicted molar refractivity (Wildman–Crippen MR) is 88.4 cm³/mol. The molecular formula is C13H12ClN3O4S2. The molecule has 0 aliphatic rings. The zero-order chi connectivity index (χ0) is 16.6. The van der Waals surface area contributed by atoms with Gasteiger partial charge in [-0.2, -0.15) is 8.42 Å². The summed E-state index contributed by atoms with van der Waals surface area (Å²) in [5.41, 5.74) is 0.323. The summed E-state index contributed by atoms with van der Waals surface area (Å²) in [4.78, 5) is 4.53. The number of halogens is 1. The first-order valence-electron chi connectivity index (χ1n) is 6.32. The first kappa shape index (κ1) is 15.9. The molecule has 1 aromatic carbocycles. The lowest BCUT2D eigenvalue weighted by Crippen LogP contribution is -2.15. The first-order chi connectivity index (χ1) is 11.0. The van der Waals surface area contributed by atoms with Gasteiger partial charge in [-0.3, -0.25) is 9.12 Å². The van der Waals surface area contributed by atoms with Gasteiger partial charge in [0.2, 0.25) is 0 Å². The molecule has 23 heavy (non-hydrogen) atoms. The minimum absolute atomic E-state index is 0.0789. The summed E-state index contributed by atoms with van der Waals surface area (Å²) >= 11 is 7.27. The molecule has 2 heterocycles. The van der Waals surface area contributed by atoms with Crippen LogP contribution in [0.15, 0.2) is 34.8 Å². The van der Waals surface area contributed by atoms with Crippen LogP contribution in [0.4, 0.5) is 5.69 Å². The van der Waals surface area contributed by atoms with E-state index in [1.165, 1.54) is 36.0 Å². The van der Waals surface area contributed by atoms with Crippen molar-refractivity contribution in [2.75, 3.05) is 18.9 Å². The molecule has 0 fully saturated rings. The third kappa shape index (κ3) is 2.82. The maximum Gasteiger partial charge on any atom is 0.281 e. The highest BCUT2D eigenvalue weighted by Crippen LogP contribution is 2.32. The number of hydrogen-bond donors (Lipinski definition) is 1. The smallest absolute Gasteiger partial charge is 0.281 e. The van der Waals surface area contributed by atoms with Crippen LogP contribution >= 0.6 is 22.9 Å². The van der Waals surface area contributed by atoms with Gasteiger partial charge in [0.1, 0.15) is 0 Å². The minimum Gasteiger partial charge on any atom is -0.493 e. The normalized spacial score (nSPS) is 11.6. The van der Waals surface area contributed by atoms with Crippen LogP contribution in [0.2, 0.25) is 5.15 Å². The summed E-state index contributed by atoms with van der Waals surface area (Å²) in [6.07, 6.45) is 1.60. The van der Waals surface area contributed by atoms with Gasteiger partial charge in [-0.05, 0) is 12.1 Å². The second-order valence-corrected chi connectivity index (χ2v) is 7.27. The number of nitrogens with one attached hydrogen (secondary N) is 1. The molecule has 7 nitrogen and oxygen atoms in total. The van der Waals surface area contributed by atoms with Crippen LogP contribution in [0.25, 0.3) is 4.96 Å². The number of fused-ring (bicyclic) bond motifs is 1. The van der Waals surface area contributed by atoms with E-state index in [4.69, 9.17) is 21.1 Å². The summed E-state index contributed by atoms with van der Waals surface area (Å²) in [7, 11) is -0.941. The number of thiazole rings is 1. The minimum atomic E-state index is -3.91. The van der Waals surface area contributed by atoms with Crippen LogP contribution in [-0.4, -0.2) is 32.0 Å². The van der Waals surface area contributed by atoms with Crippen molar-refractivity contribution < 1.29 is 17.9 Å². The van der Waals surface area contributed by atoms with Crippen molar-refractivity contribution in [1.29, 1.82) is 0 Å². The SMILES string of the molecule is COc1ccc(NS(=O)(=O)c2c(Cl)nc3sccn23)cc1OC. The van der Waals surface area contributed by atoms with Crippen molar-refractivity contribution in [1.82, 2.24) is 9.38 Å².